The molecule has 0 saturated carbocycles. The predicted molar refractivity (Wildman–Crippen MR) is 112 cm³/mol. The molecule has 3 nitrogen and oxygen atoms in total. The average Bonchev–Trinajstić information content (AvgIpc) is 3.07. The van der Waals surface area contributed by atoms with E-state index < -0.39 is 0 Å². The summed E-state index contributed by atoms with van der Waals surface area (Å²) in [6.07, 6.45) is 1.91. The first-order valence-electron chi connectivity index (χ1n) is 9.16. The van der Waals surface area contributed by atoms with Crippen molar-refractivity contribution in [1.29, 1.82) is 0 Å². The van der Waals surface area contributed by atoms with Gasteiger partial charge in [-0.2, -0.15) is 0 Å². The highest BCUT2D eigenvalue weighted by Gasteiger charge is 2.14. The molecule has 0 radical (unpaired) electrons. The minimum Gasteiger partial charge on any atom is -0.286 e. The molecule has 3 rings (SSSR count). The van der Waals surface area contributed by atoms with Crippen molar-refractivity contribution in [2.45, 2.75) is 33.1 Å². The van der Waals surface area contributed by atoms with Gasteiger partial charge in [0.2, 0.25) is 5.91 Å². The van der Waals surface area contributed by atoms with Gasteiger partial charge >= 0.3 is 0 Å². The van der Waals surface area contributed by atoms with Crippen LogP contribution in [0.3, 0.4) is 0 Å². The fourth-order valence-electron chi connectivity index (χ4n) is 3.01. The first-order valence-corrected chi connectivity index (χ1v) is 9.98. The molecule has 4 heteroatoms. The first kappa shape index (κ1) is 19.3. The molecule has 0 aliphatic rings. The molecule has 1 heterocycles. The van der Waals surface area contributed by atoms with Gasteiger partial charge in [0.1, 0.15) is 0 Å². The molecular weight excluding hydrogens is 354 g/mol. The molecule has 0 spiro atoms. The quantitative estimate of drug-likeness (QED) is 0.430. The summed E-state index contributed by atoms with van der Waals surface area (Å²) in [6, 6.07) is 19.5. The number of carbonyl (C=O) groups excluding carboxylic acids is 1. The third kappa shape index (κ3) is 4.85. The van der Waals surface area contributed by atoms with E-state index in [4.69, 9.17) is 0 Å². The zero-order valence-corrected chi connectivity index (χ0v) is 16.8. The summed E-state index contributed by atoms with van der Waals surface area (Å²) in [5, 5.41) is 9.87. The first-order chi connectivity index (χ1) is 12.9. The van der Waals surface area contributed by atoms with E-state index in [1.54, 1.807) is 11.3 Å². The summed E-state index contributed by atoms with van der Waals surface area (Å²) < 4.78 is 0. The van der Waals surface area contributed by atoms with Crippen LogP contribution in [0, 0.1) is 13.8 Å². The smallest absolute Gasteiger partial charge is 0.245 e. The summed E-state index contributed by atoms with van der Waals surface area (Å²) in [6.45, 7) is 4.19. The molecule has 0 aliphatic heterocycles. The Morgan fingerprint density at radius 3 is 2.07 bits per heavy atom. The van der Waals surface area contributed by atoms with Crippen molar-refractivity contribution >= 4 is 17.2 Å². The Kier molecular flexibility index (Phi) is 6.09. The third-order valence-corrected chi connectivity index (χ3v) is 5.88. The van der Waals surface area contributed by atoms with Gasteiger partial charge in [-0.1, -0.05) is 59.7 Å². The molecular formula is C23H25NO2S. The second-order valence-electron chi connectivity index (χ2n) is 6.96. The van der Waals surface area contributed by atoms with E-state index in [2.05, 4.69) is 68.4 Å². The molecule has 0 unspecified atom stereocenters. The molecule has 1 aromatic heterocycles. The standard InChI is InChI=1S/C23H25NO2S/c1-16-7-11-18(12-8-16)21-15-20(5-4-6-22(25)24(3)26)27-23(21)19-13-9-17(2)10-14-19/h7-15,26H,4-6H2,1-3H3. The van der Waals surface area contributed by atoms with Gasteiger partial charge in [-0.25, -0.2) is 5.06 Å². The van der Waals surface area contributed by atoms with Crippen LogP contribution < -0.4 is 0 Å². The SMILES string of the molecule is Cc1ccc(-c2cc(CCCC(=O)N(C)O)sc2-c2ccc(C)cc2)cc1. The second-order valence-corrected chi connectivity index (χ2v) is 8.10. The topological polar surface area (TPSA) is 40.5 Å². The van der Waals surface area contributed by atoms with Crippen molar-refractivity contribution in [2.24, 2.45) is 0 Å². The van der Waals surface area contributed by atoms with Crippen LogP contribution in [0.1, 0.15) is 28.8 Å². The van der Waals surface area contributed by atoms with Gasteiger partial charge in [0.25, 0.3) is 0 Å². The van der Waals surface area contributed by atoms with Crippen LogP contribution in [0.5, 0.6) is 0 Å². The summed E-state index contributed by atoms with van der Waals surface area (Å²) in [5.74, 6) is -0.246. The van der Waals surface area contributed by atoms with Gasteiger partial charge in [-0.3, -0.25) is 10.0 Å². The van der Waals surface area contributed by atoms with E-state index in [-0.39, 0.29) is 5.91 Å². The molecule has 0 aliphatic carbocycles. The number of benzene rings is 2. The van der Waals surface area contributed by atoms with Crippen LogP contribution in [-0.2, 0) is 11.2 Å². The summed E-state index contributed by atoms with van der Waals surface area (Å²) in [5.41, 5.74) is 6.17. The van der Waals surface area contributed by atoms with Gasteiger partial charge in [-0.05, 0) is 43.9 Å². The van der Waals surface area contributed by atoms with E-state index in [9.17, 15) is 10.0 Å². The van der Waals surface area contributed by atoms with E-state index in [1.165, 1.54) is 44.6 Å². The lowest BCUT2D eigenvalue weighted by atomic mass is 10.0. The van der Waals surface area contributed by atoms with Crippen molar-refractivity contribution < 1.29 is 10.0 Å². The van der Waals surface area contributed by atoms with Gasteiger partial charge in [-0.15, -0.1) is 11.3 Å². The third-order valence-electron chi connectivity index (χ3n) is 4.63. The molecule has 140 valence electrons. The highest BCUT2D eigenvalue weighted by molar-refractivity contribution is 7.16. The van der Waals surface area contributed by atoms with Gasteiger partial charge in [0.15, 0.2) is 0 Å². The van der Waals surface area contributed by atoms with E-state index >= 15 is 0 Å². The largest absolute Gasteiger partial charge is 0.286 e. The van der Waals surface area contributed by atoms with Crippen LogP contribution in [0.2, 0.25) is 0 Å². The molecule has 1 amide bonds. The van der Waals surface area contributed by atoms with Gasteiger partial charge < -0.3 is 0 Å². The second kappa shape index (κ2) is 8.51. The van der Waals surface area contributed by atoms with Crippen LogP contribution in [0.25, 0.3) is 21.6 Å². The van der Waals surface area contributed by atoms with Gasteiger partial charge in [0.05, 0.1) is 0 Å². The summed E-state index contributed by atoms with van der Waals surface area (Å²) >= 11 is 1.79. The van der Waals surface area contributed by atoms with Crippen LogP contribution >= 0.6 is 11.3 Å². The maximum atomic E-state index is 11.6. The normalized spacial score (nSPS) is 10.8. The number of carbonyl (C=O) groups is 1. The Hall–Kier alpha value is -2.43. The van der Waals surface area contributed by atoms with Crippen molar-refractivity contribution in [3.05, 3.63) is 70.6 Å². The average molecular weight is 380 g/mol. The zero-order valence-electron chi connectivity index (χ0n) is 16.0. The molecule has 0 saturated heterocycles. The highest BCUT2D eigenvalue weighted by Crippen LogP contribution is 2.40. The van der Waals surface area contributed by atoms with E-state index in [0.29, 0.717) is 11.5 Å². The molecule has 27 heavy (non-hydrogen) atoms. The van der Waals surface area contributed by atoms with Crippen molar-refractivity contribution in [3.8, 4) is 21.6 Å². The molecule has 2 aromatic carbocycles. The fourth-order valence-corrected chi connectivity index (χ4v) is 4.23. The van der Waals surface area contributed by atoms with Gasteiger partial charge in [0, 0.05) is 28.8 Å². The Bertz CT molecular complexity index is 846. The lowest BCUT2D eigenvalue weighted by Gasteiger charge is -2.06. The number of hydroxylamine groups is 2. The number of hydrogen-bond donors (Lipinski definition) is 1. The molecule has 3 aromatic rings. The van der Waals surface area contributed by atoms with Crippen molar-refractivity contribution in [2.75, 3.05) is 7.05 Å². The van der Waals surface area contributed by atoms with Crippen LogP contribution in [0.4, 0.5) is 0 Å². The molecule has 0 bridgehead atoms. The monoisotopic (exact) mass is 379 g/mol. The number of hydrogen-bond acceptors (Lipinski definition) is 3. The lowest BCUT2D eigenvalue weighted by molar-refractivity contribution is -0.159. The molecule has 0 fully saturated rings. The fraction of sp³-hybridized carbons (Fsp3) is 0.261. The van der Waals surface area contributed by atoms with E-state index in [1.807, 2.05) is 0 Å². The summed E-state index contributed by atoms with van der Waals surface area (Å²) in [4.78, 5) is 14.1. The van der Waals surface area contributed by atoms with E-state index in [0.717, 1.165) is 12.8 Å². The maximum absolute atomic E-state index is 11.6. The molecule has 0 atom stereocenters. The minimum absolute atomic E-state index is 0.246. The van der Waals surface area contributed by atoms with Crippen LogP contribution in [-0.4, -0.2) is 23.2 Å². The highest BCUT2D eigenvalue weighted by atomic mass is 32.1. The zero-order chi connectivity index (χ0) is 19.4. The predicted octanol–water partition coefficient (Wildman–Crippen LogP) is 5.87. The maximum Gasteiger partial charge on any atom is 0.245 e. The Morgan fingerprint density at radius 2 is 1.52 bits per heavy atom. The molecule has 1 N–H and O–H groups in total. The number of aryl methyl sites for hydroxylation is 3. The number of nitrogens with zero attached hydrogens (tertiary/aromatic N) is 1. The van der Waals surface area contributed by atoms with Crippen molar-refractivity contribution in [3.63, 3.8) is 0 Å². The minimum atomic E-state index is -0.246. The lowest BCUT2D eigenvalue weighted by Crippen LogP contribution is -2.21. The number of thiophene rings is 1. The Morgan fingerprint density at radius 1 is 0.963 bits per heavy atom. The number of amides is 1. The summed E-state index contributed by atoms with van der Waals surface area (Å²) in [7, 11) is 1.37. The Balaban J connectivity index is 1.90. The Labute approximate surface area is 164 Å². The van der Waals surface area contributed by atoms with Crippen molar-refractivity contribution in [1.82, 2.24) is 5.06 Å². The van der Waals surface area contributed by atoms with Crippen LogP contribution in [0.15, 0.2) is 54.6 Å². The number of rotatable bonds is 6.